The van der Waals surface area contributed by atoms with Gasteiger partial charge in [0.15, 0.2) is 5.13 Å². The van der Waals surface area contributed by atoms with E-state index in [9.17, 15) is 9.59 Å². The van der Waals surface area contributed by atoms with Crippen LogP contribution in [0, 0.1) is 5.92 Å². The molecular formula is C17H18N6O2S. The molecule has 9 heteroatoms. The van der Waals surface area contributed by atoms with Crippen LogP contribution in [-0.2, 0) is 16.0 Å². The van der Waals surface area contributed by atoms with Gasteiger partial charge < -0.3 is 10.6 Å². The number of amides is 2. The van der Waals surface area contributed by atoms with Crippen molar-refractivity contribution in [1.29, 1.82) is 0 Å². The third-order valence-electron chi connectivity index (χ3n) is 3.49. The molecule has 0 aliphatic rings. The average Bonchev–Trinajstić information content (AvgIpc) is 3.27. The third-order valence-corrected chi connectivity index (χ3v) is 4.30. The molecule has 2 heterocycles. The van der Waals surface area contributed by atoms with Gasteiger partial charge in [-0.2, -0.15) is 0 Å². The van der Waals surface area contributed by atoms with E-state index in [0.29, 0.717) is 16.5 Å². The van der Waals surface area contributed by atoms with Crippen LogP contribution >= 0.6 is 11.3 Å². The van der Waals surface area contributed by atoms with E-state index in [1.807, 2.05) is 32.0 Å². The quantitative estimate of drug-likeness (QED) is 0.694. The summed E-state index contributed by atoms with van der Waals surface area (Å²) in [6.07, 6.45) is 3.30. The van der Waals surface area contributed by atoms with E-state index in [0.717, 1.165) is 5.69 Å². The van der Waals surface area contributed by atoms with Crippen LogP contribution < -0.4 is 10.6 Å². The Morgan fingerprint density at radius 3 is 2.69 bits per heavy atom. The first-order chi connectivity index (χ1) is 12.5. The Bertz CT molecular complexity index is 904. The first kappa shape index (κ1) is 17.7. The maximum absolute atomic E-state index is 12.3. The fourth-order valence-corrected chi connectivity index (χ4v) is 2.86. The smallest absolute Gasteiger partial charge is 0.230 e. The number of thiazole rings is 1. The van der Waals surface area contributed by atoms with E-state index in [2.05, 4.69) is 25.8 Å². The molecule has 0 radical (unpaired) electrons. The molecule has 0 aliphatic heterocycles. The molecule has 2 N–H and O–H groups in total. The Morgan fingerprint density at radius 2 is 1.96 bits per heavy atom. The molecule has 2 aromatic heterocycles. The van der Waals surface area contributed by atoms with Gasteiger partial charge in [-0.1, -0.05) is 19.9 Å². The summed E-state index contributed by atoms with van der Waals surface area (Å²) >= 11 is 1.30. The van der Waals surface area contributed by atoms with Crippen molar-refractivity contribution in [2.45, 2.75) is 20.3 Å². The van der Waals surface area contributed by atoms with Gasteiger partial charge in [0.2, 0.25) is 11.8 Å². The van der Waals surface area contributed by atoms with Crippen LogP contribution in [0.4, 0.5) is 10.8 Å². The van der Waals surface area contributed by atoms with Crippen LogP contribution in [-0.4, -0.2) is 31.6 Å². The topological polar surface area (TPSA) is 102 Å². The normalized spacial score (nSPS) is 10.7. The molecule has 0 saturated carbocycles. The highest BCUT2D eigenvalue weighted by Crippen LogP contribution is 2.18. The van der Waals surface area contributed by atoms with Gasteiger partial charge in [0, 0.05) is 17.0 Å². The van der Waals surface area contributed by atoms with Gasteiger partial charge in [0.25, 0.3) is 0 Å². The predicted molar refractivity (Wildman–Crippen MR) is 99.3 cm³/mol. The maximum atomic E-state index is 12.3. The third kappa shape index (κ3) is 4.51. The molecule has 2 amide bonds. The van der Waals surface area contributed by atoms with Gasteiger partial charge >= 0.3 is 0 Å². The van der Waals surface area contributed by atoms with E-state index >= 15 is 0 Å². The summed E-state index contributed by atoms with van der Waals surface area (Å²) in [5.74, 6) is -0.400. The number of hydrogen-bond acceptors (Lipinski definition) is 6. The summed E-state index contributed by atoms with van der Waals surface area (Å²) in [7, 11) is 0. The van der Waals surface area contributed by atoms with Crippen molar-refractivity contribution >= 4 is 34.0 Å². The highest BCUT2D eigenvalue weighted by Gasteiger charge is 2.12. The zero-order valence-corrected chi connectivity index (χ0v) is 15.2. The Morgan fingerprint density at radius 1 is 1.19 bits per heavy atom. The summed E-state index contributed by atoms with van der Waals surface area (Å²) in [5.41, 5.74) is 2.13. The van der Waals surface area contributed by atoms with Crippen molar-refractivity contribution in [2.24, 2.45) is 5.92 Å². The minimum Gasteiger partial charge on any atom is -0.326 e. The maximum Gasteiger partial charge on any atom is 0.230 e. The zero-order valence-electron chi connectivity index (χ0n) is 14.3. The number of nitrogens with one attached hydrogen (secondary N) is 2. The first-order valence-corrected chi connectivity index (χ1v) is 8.89. The van der Waals surface area contributed by atoms with Crippen LogP contribution in [0.1, 0.15) is 19.5 Å². The molecule has 3 rings (SSSR count). The lowest BCUT2D eigenvalue weighted by Crippen LogP contribution is -2.18. The van der Waals surface area contributed by atoms with Crippen molar-refractivity contribution in [3.05, 3.63) is 48.0 Å². The minimum atomic E-state index is -0.182. The highest BCUT2D eigenvalue weighted by atomic mass is 32.1. The number of anilines is 2. The van der Waals surface area contributed by atoms with E-state index in [1.165, 1.54) is 11.3 Å². The predicted octanol–water partition coefficient (Wildman–Crippen LogP) is 2.50. The van der Waals surface area contributed by atoms with Gasteiger partial charge in [0.05, 0.1) is 17.8 Å². The molecule has 0 spiro atoms. The molecule has 134 valence electrons. The molecule has 3 aromatic rings. The lowest BCUT2D eigenvalue weighted by Gasteiger charge is -2.07. The Balaban J connectivity index is 1.60. The Hall–Kier alpha value is -3.07. The molecule has 0 atom stereocenters. The fourth-order valence-electron chi connectivity index (χ4n) is 2.14. The van der Waals surface area contributed by atoms with Crippen LogP contribution in [0.3, 0.4) is 0 Å². The van der Waals surface area contributed by atoms with Gasteiger partial charge in [-0.05, 0) is 18.2 Å². The van der Waals surface area contributed by atoms with E-state index in [1.54, 1.807) is 28.7 Å². The number of carbonyl (C=O) groups is 2. The minimum absolute atomic E-state index is 0.0961. The summed E-state index contributed by atoms with van der Waals surface area (Å²) in [4.78, 5) is 28.2. The van der Waals surface area contributed by atoms with Crippen LogP contribution in [0.15, 0.2) is 42.3 Å². The molecule has 8 nitrogen and oxygen atoms in total. The van der Waals surface area contributed by atoms with Gasteiger partial charge in [0.1, 0.15) is 12.7 Å². The molecule has 0 aliphatic carbocycles. The number of benzene rings is 1. The summed E-state index contributed by atoms with van der Waals surface area (Å²) in [6, 6.07) is 7.37. The second kappa shape index (κ2) is 7.87. The second-order valence-electron chi connectivity index (χ2n) is 5.93. The first-order valence-electron chi connectivity index (χ1n) is 8.01. The SMILES string of the molecule is CC(C)C(=O)Nc1nc(CC(=O)Nc2cccc(-n3cnnc3)c2)cs1. The van der Waals surface area contributed by atoms with Crippen LogP contribution in [0.5, 0.6) is 0 Å². The lowest BCUT2D eigenvalue weighted by atomic mass is 10.2. The van der Waals surface area contributed by atoms with Crippen molar-refractivity contribution in [2.75, 3.05) is 10.6 Å². The monoisotopic (exact) mass is 370 g/mol. The summed E-state index contributed by atoms with van der Waals surface area (Å²) in [5, 5.41) is 15.4. The summed E-state index contributed by atoms with van der Waals surface area (Å²) in [6.45, 7) is 3.62. The zero-order chi connectivity index (χ0) is 18.5. The Kier molecular flexibility index (Phi) is 5.37. The average molecular weight is 370 g/mol. The van der Waals surface area contributed by atoms with Gasteiger partial charge in [-0.25, -0.2) is 4.98 Å². The summed E-state index contributed by atoms with van der Waals surface area (Å²) < 4.78 is 1.75. The highest BCUT2D eigenvalue weighted by molar-refractivity contribution is 7.13. The standard InChI is InChI=1S/C17H18N6O2S/c1-11(2)16(25)22-17-21-13(8-26-17)7-15(24)20-12-4-3-5-14(6-12)23-9-18-19-10-23/h3-6,8-11H,7H2,1-2H3,(H,20,24)(H,21,22,25). The number of hydrogen-bond donors (Lipinski definition) is 2. The number of aromatic nitrogens is 4. The molecule has 1 aromatic carbocycles. The molecule has 26 heavy (non-hydrogen) atoms. The number of carbonyl (C=O) groups excluding carboxylic acids is 2. The lowest BCUT2D eigenvalue weighted by molar-refractivity contribution is -0.119. The van der Waals surface area contributed by atoms with E-state index in [-0.39, 0.29) is 24.2 Å². The largest absolute Gasteiger partial charge is 0.326 e. The van der Waals surface area contributed by atoms with Crippen molar-refractivity contribution in [1.82, 2.24) is 19.7 Å². The van der Waals surface area contributed by atoms with Crippen LogP contribution in [0.2, 0.25) is 0 Å². The van der Waals surface area contributed by atoms with Crippen molar-refractivity contribution in [3.8, 4) is 5.69 Å². The fraction of sp³-hybridized carbons (Fsp3) is 0.235. The van der Waals surface area contributed by atoms with E-state index < -0.39 is 0 Å². The van der Waals surface area contributed by atoms with Crippen molar-refractivity contribution in [3.63, 3.8) is 0 Å². The van der Waals surface area contributed by atoms with Crippen molar-refractivity contribution < 1.29 is 9.59 Å². The number of rotatable bonds is 6. The number of nitrogens with zero attached hydrogens (tertiary/aromatic N) is 4. The van der Waals surface area contributed by atoms with Gasteiger partial charge in [-0.15, -0.1) is 21.5 Å². The van der Waals surface area contributed by atoms with Crippen LogP contribution in [0.25, 0.3) is 5.69 Å². The molecular weight excluding hydrogens is 352 g/mol. The second-order valence-corrected chi connectivity index (χ2v) is 6.79. The molecule has 0 saturated heterocycles. The van der Waals surface area contributed by atoms with Gasteiger partial charge in [-0.3, -0.25) is 14.2 Å². The Labute approximate surface area is 154 Å². The molecule has 0 fully saturated rings. The van der Waals surface area contributed by atoms with E-state index in [4.69, 9.17) is 0 Å². The molecule has 0 bridgehead atoms. The molecule has 0 unspecified atom stereocenters.